The Labute approximate surface area is 200 Å². The first-order valence-corrected chi connectivity index (χ1v) is 11.4. The number of carbonyl (C=O) groups excluding carboxylic acids is 1. The lowest BCUT2D eigenvalue weighted by Gasteiger charge is -2.32. The van der Waals surface area contributed by atoms with Crippen LogP contribution in [0.1, 0.15) is 39.5 Å². The maximum absolute atomic E-state index is 14.0. The molecule has 1 aliphatic rings. The van der Waals surface area contributed by atoms with Crippen molar-refractivity contribution in [3.8, 4) is 5.75 Å². The van der Waals surface area contributed by atoms with Crippen molar-refractivity contribution in [1.82, 2.24) is 0 Å². The second-order valence-electron chi connectivity index (χ2n) is 8.45. The van der Waals surface area contributed by atoms with E-state index in [2.05, 4.69) is 12.1 Å². The van der Waals surface area contributed by atoms with Gasteiger partial charge in [0.15, 0.2) is 0 Å². The van der Waals surface area contributed by atoms with Gasteiger partial charge in [-0.1, -0.05) is 60.2 Å². The van der Waals surface area contributed by atoms with Gasteiger partial charge in [0.05, 0.1) is 30.2 Å². The Morgan fingerprint density at radius 3 is 2.24 bits per heavy atom. The molecule has 0 fully saturated rings. The fourth-order valence-electron chi connectivity index (χ4n) is 4.39. The highest BCUT2D eigenvalue weighted by Crippen LogP contribution is 2.41. The normalized spacial score (nSPS) is 15.2. The van der Waals surface area contributed by atoms with Gasteiger partial charge in [-0.05, 0) is 66.6 Å². The topological polar surface area (TPSA) is 41.9 Å². The molecule has 0 aliphatic carbocycles. The molecule has 0 spiro atoms. The lowest BCUT2D eigenvalue weighted by atomic mass is 9.95. The molecule has 1 heterocycles. The van der Waals surface area contributed by atoms with Gasteiger partial charge in [-0.15, -0.1) is 0 Å². The molecule has 4 nitrogen and oxygen atoms in total. The molecule has 1 atom stereocenters. The van der Waals surface area contributed by atoms with Gasteiger partial charge < -0.3 is 4.74 Å². The number of methoxy groups -OCH3 is 1. The summed E-state index contributed by atoms with van der Waals surface area (Å²) >= 11 is 0. The minimum Gasteiger partial charge on any atom is -0.497 e. The molecule has 0 radical (unpaired) electrons. The number of nitrogens with zero attached hydrogens (tertiary/aromatic N) is 2. The zero-order valence-corrected chi connectivity index (χ0v) is 19.3. The highest BCUT2D eigenvalue weighted by molar-refractivity contribution is 6.11. The Hall–Kier alpha value is -4.18. The van der Waals surface area contributed by atoms with Crippen molar-refractivity contribution < 1.29 is 9.53 Å². The number of rotatable bonds is 4. The number of hydrogen-bond donors (Lipinski definition) is 0. The van der Waals surface area contributed by atoms with Crippen LogP contribution in [-0.4, -0.2) is 18.7 Å². The Morgan fingerprint density at radius 1 is 0.853 bits per heavy atom. The Morgan fingerprint density at radius 2 is 1.53 bits per heavy atom. The molecule has 168 valence electrons. The van der Waals surface area contributed by atoms with Crippen molar-refractivity contribution in [2.24, 2.45) is 4.99 Å². The SMILES string of the molecule is COc1ccc(C2=Nc3ccccc3N(C(=O)c3ccc(C)cc3)[C@@H](c3ccccc3)C2)cc1. The largest absolute Gasteiger partial charge is 0.497 e. The van der Waals surface area contributed by atoms with Crippen LogP contribution < -0.4 is 9.64 Å². The van der Waals surface area contributed by atoms with Crippen LogP contribution in [0.4, 0.5) is 11.4 Å². The van der Waals surface area contributed by atoms with E-state index in [1.54, 1.807) is 7.11 Å². The summed E-state index contributed by atoms with van der Waals surface area (Å²) < 4.78 is 5.34. The number of aryl methyl sites for hydroxylation is 1. The minimum atomic E-state index is -0.209. The van der Waals surface area contributed by atoms with Crippen molar-refractivity contribution in [3.63, 3.8) is 0 Å². The second-order valence-corrected chi connectivity index (χ2v) is 8.45. The summed E-state index contributed by atoms with van der Waals surface area (Å²) in [5, 5.41) is 0. The van der Waals surface area contributed by atoms with E-state index >= 15 is 0 Å². The van der Waals surface area contributed by atoms with Crippen LogP contribution in [-0.2, 0) is 0 Å². The first-order chi connectivity index (χ1) is 16.6. The molecule has 0 saturated heterocycles. The van der Waals surface area contributed by atoms with Gasteiger partial charge in [-0.2, -0.15) is 0 Å². The summed E-state index contributed by atoms with van der Waals surface area (Å²) in [6, 6.07) is 33.6. The predicted octanol–water partition coefficient (Wildman–Crippen LogP) is 6.92. The Balaban J connectivity index is 1.67. The van der Waals surface area contributed by atoms with E-state index in [1.165, 1.54) is 0 Å². The fraction of sp³-hybridized carbons (Fsp3) is 0.133. The molecule has 0 N–H and O–H groups in total. The van der Waals surface area contributed by atoms with Crippen LogP contribution >= 0.6 is 0 Å². The third kappa shape index (κ3) is 4.23. The molecule has 4 aromatic rings. The zero-order chi connectivity index (χ0) is 23.5. The standard InChI is InChI=1S/C30H26N2O2/c1-21-12-14-24(15-13-21)30(33)32-28-11-7-6-10-26(28)31-27(22-16-18-25(34-2)19-17-22)20-29(32)23-8-4-3-5-9-23/h3-19,29H,20H2,1-2H3/t29-/m1/s1. The maximum Gasteiger partial charge on any atom is 0.258 e. The van der Waals surface area contributed by atoms with E-state index in [0.29, 0.717) is 12.0 Å². The fourth-order valence-corrected chi connectivity index (χ4v) is 4.39. The summed E-state index contributed by atoms with van der Waals surface area (Å²) in [5.41, 5.74) is 6.40. The molecular formula is C30H26N2O2. The molecule has 1 aliphatic heterocycles. The highest BCUT2D eigenvalue weighted by Gasteiger charge is 2.33. The Kier molecular flexibility index (Phi) is 5.96. The second kappa shape index (κ2) is 9.36. The first-order valence-electron chi connectivity index (χ1n) is 11.4. The van der Waals surface area contributed by atoms with Crippen molar-refractivity contribution in [3.05, 3.63) is 125 Å². The first kappa shape index (κ1) is 21.7. The van der Waals surface area contributed by atoms with E-state index in [4.69, 9.17) is 9.73 Å². The van der Waals surface area contributed by atoms with E-state index in [-0.39, 0.29) is 11.9 Å². The number of carbonyl (C=O) groups is 1. The summed E-state index contributed by atoms with van der Waals surface area (Å²) in [5.74, 6) is 0.765. The Bertz CT molecular complexity index is 1330. The molecule has 0 unspecified atom stereocenters. The number of hydrogen-bond acceptors (Lipinski definition) is 3. The number of amides is 1. The molecule has 34 heavy (non-hydrogen) atoms. The average molecular weight is 447 g/mol. The summed E-state index contributed by atoms with van der Waals surface area (Å²) in [6.07, 6.45) is 0.586. The van der Waals surface area contributed by atoms with Gasteiger partial charge in [0.2, 0.25) is 0 Å². The lowest BCUT2D eigenvalue weighted by Crippen LogP contribution is -2.35. The molecule has 5 rings (SSSR count). The monoisotopic (exact) mass is 446 g/mol. The molecule has 4 aromatic carbocycles. The minimum absolute atomic E-state index is 0.0347. The zero-order valence-electron chi connectivity index (χ0n) is 19.3. The van der Waals surface area contributed by atoms with Crippen molar-refractivity contribution in [1.29, 1.82) is 0 Å². The van der Waals surface area contributed by atoms with Gasteiger partial charge in [-0.25, -0.2) is 0 Å². The number of fused-ring (bicyclic) bond motifs is 1. The molecular weight excluding hydrogens is 420 g/mol. The third-order valence-corrected chi connectivity index (χ3v) is 6.22. The van der Waals surface area contributed by atoms with Crippen molar-refractivity contribution in [2.45, 2.75) is 19.4 Å². The van der Waals surface area contributed by atoms with Crippen LogP contribution in [0.2, 0.25) is 0 Å². The quantitative estimate of drug-likeness (QED) is 0.342. The summed E-state index contributed by atoms with van der Waals surface area (Å²) in [4.78, 5) is 21.0. The van der Waals surface area contributed by atoms with E-state index in [1.807, 2.05) is 103 Å². The van der Waals surface area contributed by atoms with Crippen LogP contribution in [0, 0.1) is 6.92 Å². The number of para-hydroxylation sites is 2. The van der Waals surface area contributed by atoms with E-state index in [0.717, 1.165) is 39.5 Å². The number of aliphatic imine (C=N–C) groups is 1. The van der Waals surface area contributed by atoms with Gasteiger partial charge in [0.25, 0.3) is 5.91 Å². The average Bonchev–Trinajstić information content (AvgIpc) is 3.06. The van der Waals surface area contributed by atoms with Crippen LogP contribution in [0.5, 0.6) is 5.75 Å². The van der Waals surface area contributed by atoms with Crippen LogP contribution in [0.15, 0.2) is 108 Å². The molecule has 0 saturated carbocycles. The molecule has 0 aromatic heterocycles. The summed E-state index contributed by atoms with van der Waals surface area (Å²) in [7, 11) is 1.66. The van der Waals surface area contributed by atoms with E-state index in [9.17, 15) is 4.79 Å². The van der Waals surface area contributed by atoms with Crippen LogP contribution in [0.25, 0.3) is 0 Å². The van der Waals surface area contributed by atoms with Gasteiger partial charge >= 0.3 is 0 Å². The van der Waals surface area contributed by atoms with Gasteiger partial charge in [-0.3, -0.25) is 14.7 Å². The van der Waals surface area contributed by atoms with Crippen molar-refractivity contribution >= 4 is 23.0 Å². The highest BCUT2D eigenvalue weighted by atomic mass is 16.5. The number of benzene rings is 4. The number of anilines is 1. The van der Waals surface area contributed by atoms with Gasteiger partial charge in [0, 0.05) is 12.0 Å². The smallest absolute Gasteiger partial charge is 0.258 e. The summed E-state index contributed by atoms with van der Waals surface area (Å²) in [6.45, 7) is 2.03. The third-order valence-electron chi connectivity index (χ3n) is 6.22. The molecule has 4 heteroatoms. The lowest BCUT2D eigenvalue weighted by molar-refractivity contribution is 0.0977. The van der Waals surface area contributed by atoms with Crippen molar-refractivity contribution in [2.75, 3.05) is 12.0 Å². The number of ether oxygens (including phenoxy) is 1. The van der Waals surface area contributed by atoms with Crippen LogP contribution in [0.3, 0.4) is 0 Å². The predicted molar refractivity (Wildman–Crippen MR) is 137 cm³/mol. The molecule has 0 bridgehead atoms. The van der Waals surface area contributed by atoms with Gasteiger partial charge in [0.1, 0.15) is 5.75 Å². The maximum atomic E-state index is 14.0. The molecule has 1 amide bonds. The van der Waals surface area contributed by atoms with E-state index < -0.39 is 0 Å².